The SMILES string of the molecule is Cc1cc(N)ccc1NC(=O)c1cccnc1C. The van der Waals surface area contributed by atoms with Crippen molar-refractivity contribution in [2.24, 2.45) is 0 Å². The van der Waals surface area contributed by atoms with Crippen molar-refractivity contribution in [1.82, 2.24) is 4.98 Å². The van der Waals surface area contributed by atoms with Gasteiger partial charge in [0.05, 0.1) is 5.56 Å². The second-order valence-corrected chi connectivity index (χ2v) is 4.16. The summed E-state index contributed by atoms with van der Waals surface area (Å²) in [5.41, 5.74) is 9.34. The van der Waals surface area contributed by atoms with Crippen LogP contribution in [0.4, 0.5) is 11.4 Å². The molecule has 0 saturated heterocycles. The van der Waals surface area contributed by atoms with E-state index in [1.807, 2.05) is 19.9 Å². The normalized spacial score (nSPS) is 10.1. The molecule has 0 aliphatic carbocycles. The second-order valence-electron chi connectivity index (χ2n) is 4.16. The number of nitrogens with two attached hydrogens (primary N) is 1. The summed E-state index contributed by atoms with van der Waals surface area (Å²) < 4.78 is 0. The highest BCUT2D eigenvalue weighted by Gasteiger charge is 2.10. The Kier molecular flexibility index (Phi) is 3.28. The molecule has 0 bridgehead atoms. The number of amides is 1. The molecule has 4 heteroatoms. The van der Waals surface area contributed by atoms with Crippen LogP contribution in [0.25, 0.3) is 0 Å². The molecule has 2 aromatic rings. The van der Waals surface area contributed by atoms with Gasteiger partial charge < -0.3 is 11.1 Å². The highest BCUT2D eigenvalue weighted by molar-refractivity contribution is 6.05. The summed E-state index contributed by atoms with van der Waals surface area (Å²) >= 11 is 0. The third-order valence-corrected chi connectivity index (χ3v) is 2.75. The lowest BCUT2D eigenvalue weighted by atomic mass is 10.1. The largest absolute Gasteiger partial charge is 0.399 e. The minimum atomic E-state index is -0.159. The molecule has 3 N–H and O–H groups in total. The van der Waals surface area contributed by atoms with Gasteiger partial charge in [0.25, 0.3) is 5.91 Å². The molecule has 0 unspecified atom stereocenters. The van der Waals surface area contributed by atoms with E-state index in [9.17, 15) is 4.79 Å². The first-order valence-corrected chi connectivity index (χ1v) is 5.67. The molecule has 18 heavy (non-hydrogen) atoms. The number of hydrogen-bond donors (Lipinski definition) is 2. The zero-order chi connectivity index (χ0) is 13.1. The van der Waals surface area contributed by atoms with Crippen LogP contribution in [0.15, 0.2) is 36.5 Å². The van der Waals surface area contributed by atoms with E-state index in [0.717, 1.165) is 11.3 Å². The van der Waals surface area contributed by atoms with Gasteiger partial charge in [-0.1, -0.05) is 0 Å². The molecule has 1 aromatic carbocycles. The average molecular weight is 241 g/mol. The van der Waals surface area contributed by atoms with Gasteiger partial charge in [-0.15, -0.1) is 0 Å². The number of nitrogen functional groups attached to an aromatic ring is 1. The van der Waals surface area contributed by atoms with E-state index in [4.69, 9.17) is 5.73 Å². The lowest BCUT2D eigenvalue weighted by Crippen LogP contribution is -2.14. The summed E-state index contributed by atoms with van der Waals surface area (Å²) in [7, 11) is 0. The van der Waals surface area contributed by atoms with E-state index < -0.39 is 0 Å². The van der Waals surface area contributed by atoms with Crippen molar-refractivity contribution in [3.05, 3.63) is 53.3 Å². The maximum Gasteiger partial charge on any atom is 0.257 e. The van der Waals surface area contributed by atoms with Gasteiger partial charge in [0.15, 0.2) is 0 Å². The molecule has 1 amide bonds. The molecule has 0 spiro atoms. The number of aromatic nitrogens is 1. The molecule has 1 aromatic heterocycles. The number of anilines is 2. The number of aryl methyl sites for hydroxylation is 2. The number of benzene rings is 1. The predicted molar refractivity (Wildman–Crippen MR) is 72.5 cm³/mol. The molecule has 2 rings (SSSR count). The Morgan fingerprint density at radius 2 is 2.06 bits per heavy atom. The zero-order valence-electron chi connectivity index (χ0n) is 10.4. The number of hydrogen-bond acceptors (Lipinski definition) is 3. The van der Waals surface area contributed by atoms with Crippen LogP contribution < -0.4 is 11.1 Å². The van der Waals surface area contributed by atoms with Gasteiger partial charge in [-0.05, 0) is 49.7 Å². The first-order valence-electron chi connectivity index (χ1n) is 5.67. The van der Waals surface area contributed by atoms with Gasteiger partial charge in [-0.2, -0.15) is 0 Å². The fourth-order valence-corrected chi connectivity index (χ4v) is 1.74. The van der Waals surface area contributed by atoms with Gasteiger partial charge >= 0.3 is 0 Å². The summed E-state index contributed by atoms with van der Waals surface area (Å²) in [5, 5.41) is 2.86. The molecular formula is C14H15N3O. The highest BCUT2D eigenvalue weighted by Crippen LogP contribution is 2.18. The van der Waals surface area contributed by atoms with Crippen LogP contribution in [0.2, 0.25) is 0 Å². The highest BCUT2D eigenvalue weighted by atomic mass is 16.1. The summed E-state index contributed by atoms with van der Waals surface area (Å²) in [4.78, 5) is 16.2. The van der Waals surface area contributed by atoms with Crippen LogP contribution in [-0.2, 0) is 0 Å². The van der Waals surface area contributed by atoms with Crippen molar-refractivity contribution < 1.29 is 4.79 Å². The van der Waals surface area contributed by atoms with Crippen molar-refractivity contribution in [3.63, 3.8) is 0 Å². The van der Waals surface area contributed by atoms with Crippen molar-refractivity contribution in [2.75, 3.05) is 11.1 Å². The molecule has 92 valence electrons. The number of carbonyl (C=O) groups excluding carboxylic acids is 1. The number of nitrogens with zero attached hydrogens (tertiary/aromatic N) is 1. The van der Waals surface area contributed by atoms with Crippen molar-refractivity contribution in [1.29, 1.82) is 0 Å². The first-order chi connectivity index (χ1) is 8.58. The number of carbonyl (C=O) groups is 1. The fourth-order valence-electron chi connectivity index (χ4n) is 1.74. The van der Waals surface area contributed by atoms with Crippen LogP contribution in [0, 0.1) is 13.8 Å². The van der Waals surface area contributed by atoms with E-state index in [1.165, 1.54) is 0 Å². The van der Waals surface area contributed by atoms with E-state index in [0.29, 0.717) is 16.9 Å². The van der Waals surface area contributed by atoms with Crippen LogP contribution in [-0.4, -0.2) is 10.9 Å². The van der Waals surface area contributed by atoms with Crippen LogP contribution >= 0.6 is 0 Å². The third-order valence-electron chi connectivity index (χ3n) is 2.75. The Balaban J connectivity index is 2.24. The van der Waals surface area contributed by atoms with Gasteiger partial charge in [-0.3, -0.25) is 9.78 Å². The summed E-state index contributed by atoms with van der Waals surface area (Å²) in [6.07, 6.45) is 1.67. The second kappa shape index (κ2) is 4.87. The maximum atomic E-state index is 12.1. The Bertz CT molecular complexity index is 593. The topological polar surface area (TPSA) is 68.0 Å². The third kappa shape index (κ3) is 2.48. The minimum Gasteiger partial charge on any atom is -0.399 e. The monoisotopic (exact) mass is 241 g/mol. The van der Waals surface area contributed by atoms with Gasteiger partial charge in [0.2, 0.25) is 0 Å². The van der Waals surface area contributed by atoms with E-state index in [1.54, 1.807) is 30.5 Å². The molecule has 0 fully saturated rings. The van der Waals surface area contributed by atoms with Crippen molar-refractivity contribution >= 4 is 17.3 Å². The van der Waals surface area contributed by atoms with Crippen LogP contribution in [0.1, 0.15) is 21.6 Å². The number of rotatable bonds is 2. The lowest BCUT2D eigenvalue weighted by molar-refractivity contribution is 0.102. The summed E-state index contributed by atoms with van der Waals surface area (Å²) in [5.74, 6) is -0.159. The van der Waals surface area contributed by atoms with Crippen molar-refractivity contribution in [3.8, 4) is 0 Å². The lowest BCUT2D eigenvalue weighted by Gasteiger charge is -2.10. The molecule has 0 aliphatic heterocycles. The number of nitrogens with one attached hydrogen (secondary N) is 1. The molecule has 1 heterocycles. The standard InChI is InChI=1S/C14H15N3O/c1-9-8-11(15)5-6-13(9)17-14(18)12-4-3-7-16-10(12)2/h3-8H,15H2,1-2H3,(H,17,18). The Labute approximate surface area is 106 Å². The average Bonchev–Trinajstić information content (AvgIpc) is 2.33. The first kappa shape index (κ1) is 12.1. The maximum absolute atomic E-state index is 12.1. The molecule has 4 nitrogen and oxygen atoms in total. The quantitative estimate of drug-likeness (QED) is 0.794. The van der Waals surface area contributed by atoms with Gasteiger partial charge in [-0.25, -0.2) is 0 Å². The van der Waals surface area contributed by atoms with Crippen LogP contribution in [0.5, 0.6) is 0 Å². The van der Waals surface area contributed by atoms with E-state index >= 15 is 0 Å². The van der Waals surface area contributed by atoms with E-state index in [-0.39, 0.29) is 5.91 Å². The van der Waals surface area contributed by atoms with Gasteiger partial charge in [0, 0.05) is 23.3 Å². The van der Waals surface area contributed by atoms with Crippen molar-refractivity contribution in [2.45, 2.75) is 13.8 Å². The molecule has 0 atom stereocenters. The molecule has 0 aliphatic rings. The number of pyridine rings is 1. The summed E-state index contributed by atoms with van der Waals surface area (Å²) in [6, 6.07) is 8.89. The van der Waals surface area contributed by atoms with Gasteiger partial charge in [0.1, 0.15) is 0 Å². The molecule has 0 saturated carbocycles. The molecular weight excluding hydrogens is 226 g/mol. The minimum absolute atomic E-state index is 0.159. The fraction of sp³-hybridized carbons (Fsp3) is 0.143. The zero-order valence-corrected chi connectivity index (χ0v) is 10.4. The summed E-state index contributed by atoms with van der Waals surface area (Å²) in [6.45, 7) is 3.72. The van der Waals surface area contributed by atoms with E-state index in [2.05, 4.69) is 10.3 Å². The van der Waals surface area contributed by atoms with Crippen LogP contribution in [0.3, 0.4) is 0 Å². The Morgan fingerprint density at radius 1 is 1.28 bits per heavy atom. The smallest absolute Gasteiger partial charge is 0.257 e. The predicted octanol–water partition coefficient (Wildman–Crippen LogP) is 2.53. The molecule has 0 radical (unpaired) electrons. The Morgan fingerprint density at radius 3 is 2.72 bits per heavy atom. The Hall–Kier alpha value is -2.36.